The molecule has 0 saturated heterocycles. The zero-order valence-electron chi connectivity index (χ0n) is 11.4. The van der Waals surface area contributed by atoms with Crippen LogP contribution >= 0.6 is 15.9 Å². The van der Waals surface area contributed by atoms with Gasteiger partial charge < -0.3 is 5.32 Å². The van der Waals surface area contributed by atoms with E-state index in [4.69, 9.17) is 0 Å². The van der Waals surface area contributed by atoms with Gasteiger partial charge in [-0.05, 0) is 65.9 Å². The van der Waals surface area contributed by atoms with Crippen molar-refractivity contribution in [3.05, 3.63) is 34.1 Å². The van der Waals surface area contributed by atoms with Crippen LogP contribution in [0.15, 0.2) is 22.7 Å². The van der Waals surface area contributed by atoms with Crippen LogP contribution in [0.3, 0.4) is 0 Å². The van der Waals surface area contributed by atoms with Crippen molar-refractivity contribution >= 4 is 15.9 Å². The number of nitrogens with one attached hydrogen (secondary N) is 1. The molecule has 1 saturated carbocycles. The Morgan fingerprint density at radius 1 is 1.35 bits per heavy atom. The predicted octanol–water partition coefficient (Wildman–Crippen LogP) is 4.54. The lowest BCUT2D eigenvalue weighted by atomic mass is 9.80. The van der Waals surface area contributed by atoms with Gasteiger partial charge in [-0.2, -0.15) is 0 Å². The summed E-state index contributed by atoms with van der Waals surface area (Å²) in [6, 6.07) is 5.10. The third-order valence-corrected chi connectivity index (χ3v) is 4.75. The van der Waals surface area contributed by atoms with Crippen LogP contribution in [0.2, 0.25) is 0 Å². The summed E-state index contributed by atoms with van der Waals surface area (Å²) in [4.78, 5) is 0. The zero-order valence-corrected chi connectivity index (χ0v) is 13.0. The van der Waals surface area contributed by atoms with Crippen molar-refractivity contribution in [2.24, 2.45) is 5.92 Å². The van der Waals surface area contributed by atoms with Gasteiger partial charge in [-0.3, -0.25) is 0 Å². The average molecular weight is 350 g/mol. The van der Waals surface area contributed by atoms with E-state index in [-0.39, 0.29) is 30.6 Å². The summed E-state index contributed by atoms with van der Waals surface area (Å²) < 4.78 is 40.1. The highest BCUT2D eigenvalue weighted by atomic mass is 79.9. The fourth-order valence-corrected chi connectivity index (χ4v) is 3.32. The number of hydrogen-bond donors (Lipinski definition) is 1. The topological polar surface area (TPSA) is 12.0 Å². The molecule has 0 aromatic heterocycles. The SMILES string of the molecule is CNC(Cc1ccc(F)c(Br)c1)C1CCC(F)(F)CC1. The summed E-state index contributed by atoms with van der Waals surface area (Å²) in [6.07, 6.45) is 1.76. The molecule has 0 spiro atoms. The summed E-state index contributed by atoms with van der Waals surface area (Å²) in [5.74, 6) is -2.52. The molecule has 1 N–H and O–H groups in total. The van der Waals surface area contributed by atoms with E-state index < -0.39 is 5.92 Å². The van der Waals surface area contributed by atoms with E-state index in [2.05, 4.69) is 21.2 Å². The first kappa shape index (κ1) is 15.8. The molecule has 0 amide bonds. The highest BCUT2D eigenvalue weighted by molar-refractivity contribution is 9.10. The van der Waals surface area contributed by atoms with Crippen LogP contribution in [0.4, 0.5) is 13.2 Å². The smallest absolute Gasteiger partial charge is 0.248 e. The van der Waals surface area contributed by atoms with Gasteiger partial charge in [0, 0.05) is 18.9 Å². The molecule has 1 aliphatic rings. The van der Waals surface area contributed by atoms with E-state index >= 15 is 0 Å². The van der Waals surface area contributed by atoms with Crippen LogP contribution in [0.25, 0.3) is 0 Å². The van der Waals surface area contributed by atoms with Crippen molar-refractivity contribution in [2.45, 2.75) is 44.1 Å². The highest BCUT2D eigenvalue weighted by Gasteiger charge is 2.37. The van der Waals surface area contributed by atoms with Crippen molar-refractivity contribution in [1.82, 2.24) is 5.32 Å². The van der Waals surface area contributed by atoms with E-state index in [0.717, 1.165) is 12.0 Å². The summed E-state index contributed by atoms with van der Waals surface area (Å²) >= 11 is 3.17. The third-order valence-electron chi connectivity index (χ3n) is 4.14. The Hall–Kier alpha value is -0.550. The van der Waals surface area contributed by atoms with Crippen molar-refractivity contribution in [2.75, 3.05) is 7.05 Å². The lowest BCUT2D eigenvalue weighted by Crippen LogP contribution is -2.39. The fourth-order valence-electron chi connectivity index (χ4n) is 2.89. The minimum Gasteiger partial charge on any atom is -0.316 e. The van der Waals surface area contributed by atoms with E-state index in [1.807, 2.05) is 7.05 Å². The van der Waals surface area contributed by atoms with Crippen molar-refractivity contribution < 1.29 is 13.2 Å². The largest absolute Gasteiger partial charge is 0.316 e. The van der Waals surface area contributed by atoms with Crippen LogP contribution in [-0.4, -0.2) is 19.0 Å². The fraction of sp³-hybridized carbons (Fsp3) is 0.600. The Morgan fingerprint density at radius 3 is 2.55 bits per heavy atom. The van der Waals surface area contributed by atoms with Gasteiger partial charge >= 0.3 is 0 Å². The van der Waals surface area contributed by atoms with Gasteiger partial charge in [-0.1, -0.05) is 6.07 Å². The Labute approximate surface area is 126 Å². The van der Waals surface area contributed by atoms with E-state index in [1.165, 1.54) is 6.07 Å². The van der Waals surface area contributed by atoms with Gasteiger partial charge in [-0.15, -0.1) is 0 Å². The molecule has 1 fully saturated rings. The molecule has 5 heteroatoms. The minimum atomic E-state index is -2.49. The van der Waals surface area contributed by atoms with Gasteiger partial charge in [0.1, 0.15) is 5.82 Å². The second kappa shape index (κ2) is 6.48. The summed E-state index contributed by atoms with van der Waals surface area (Å²) in [7, 11) is 1.86. The van der Waals surface area contributed by atoms with Gasteiger partial charge in [0.15, 0.2) is 0 Å². The molecule has 0 aliphatic heterocycles. The Kier molecular flexibility index (Phi) is 5.13. The highest BCUT2D eigenvalue weighted by Crippen LogP contribution is 2.38. The molecule has 1 aliphatic carbocycles. The van der Waals surface area contributed by atoms with Crippen molar-refractivity contribution in [3.63, 3.8) is 0 Å². The monoisotopic (exact) mass is 349 g/mol. The molecule has 0 bridgehead atoms. The van der Waals surface area contributed by atoms with E-state index in [0.29, 0.717) is 17.3 Å². The number of hydrogen-bond acceptors (Lipinski definition) is 1. The predicted molar refractivity (Wildman–Crippen MR) is 77.6 cm³/mol. The molecular weight excluding hydrogens is 331 g/mol. The van der Waals surface area contributed by atoms with Gasteiger partial charge in [-0.25, -0.2) is 13.2 Å². The second-order valence-corrected chi connectivity index (χ2v) is 6.40. The van der Waals surface area contributed by atoms with Crippen molar-refractivity contribution in [3.8, 4) is 0 Å². The number of benzene rings is 1. The number of rotatable bonds is 4. The number of alkyl halides is 2. The molecule has 1 unspecified atom stereocenters. The van der Waals surface area contributed by atoms with Gasteiger partial charge in [0.2, 0.25) is 5.92 Å². The molecule has 1 atom stereocenters. The lowest BCUT2D eigenvalue weighted by Gasteiger charge is -2.33. The molecule has 1 nitrogen and oxygen atoms in total. The molecule has 1 aromatic rings. The van der Waals surface area contributed by atoms with Crippen LogP contribution in [0.1, 0.15) is 31.2 Å². The van der Waals surface area contributed by atoms with Crippen LogP contribution in [0, 0.1) is 11.7 Å². The molecule has 0 radical (unpaired) electrons. The Balaban J connectivity index is 2.00. The Morgan fingerprint density at radius 2 is 2.00 bits per heavy atom. The molecular formula is C15H19BrF3N. The maximum Gasteiger partial charge on any atom is 0.248 e. The van der Waals surface area contributed by atoms with E-state index in [9.17, 15) is 13.2 Å². The molecule has 112 valence electrons. The van der Waals surface area contributed by atoms with Crippen LogP contribution in [0.5, 0.6) is 0 Å². The number of halogens is 4. The minimum absolute atomic E-state index is 0.0248. The molecule has 0 heterocycles. The summed E-state index contributed by atoms with van der Waals surface area (Å²) in [5.41, 5.74) is 1.01. The van der Waals surface area contributed by atoms with E-state index in [1.54, 1.807) is 12.1 Å². The van der Waals surface area contributed by atoms with Gasteiger partial charge in [0.05, 0.1) is 4.47 Å². The average Bonchev–Trinajstić information content (AvgIpc) is 2.40. The summed E-state index contributed by atoms with van der Waals surface area (Å²) in [6.45, 7) is 0. The summed E-state index contributed by atoms with van der Waals surface area (Å²) in [5, 5.41) is 3.23. The van der Waals surface area contributed by atoms with Crippen LogP contribution in [-0.2, 0) is 6.42 Å². The quantitative estimate of drug-likeness (QED) is 0.841. The Bertz CT molecular complexity index is 454. The first-order valence-corrected chi connectivity index (χ1v) is 7.69. The molecule has 20 heavy (non-hydrogen) atoms. The zero-order chi connectivity index (χ0) is 14.8. The first-order chi connectivity index (χ1) is 9.41. The standard InChI is InChI=1S/C15H19BrF3N/c1-20-14(11-4-6-15(18,19)7-5-11)9-10-2-3-13(17)12(16)8-10/h2-3,8,11,14,20H,4-7,9H2,1H3. The number of likely N-dealkylation sites (N-methyl/N-ethyl adjacent to an activating group) is 1. The first-order valence-electron chi connectivity index (χ1n) is 6.90. The maximum absolute atomic E-state index is 13.2. The van der Waals surface area contributed by atoms with Crippen LogP contribution < -0.4 is 5.32 Å². The second-order valence-electron chi connectivity index (χ2n) is 5.54. The van der Waals surface area contributed by atoms with Gasteiger partial charge in [0.25, 0.3) is 0 Å². The normalized spacial score (nSPS) is 20.9. The maximum atomic E-state index is 13.2. The molecule has 1 aromatic carbocycles. The lowest BCUT2D eigenvalue weighted by molar-refractivity contribution is -0.0492. The third kappa shape index (κ3) is 3.98. The van der Waals surface area contributed by atoms with Crippen molar-refractivity contribution in [1.29, 1.82) is 0 Å². The molecule has 2 rings (SSSR count).